The number of Topliss-reactive ketones (excluding diaryl/α,β-unsaturated/α-hetero) is 1. The highest BCUT2D eigenvalue weighted by Crippen LogP contribution is 2.12. The van der Waals surface area contributed by atoms with E-state index in [1.807, 2.05) is 17.5 Å². The van der Waals surface area contributed by atoms with Crippen LogP contribution in [0.4, 0.5) is 0 Å². The number of carbonyl (C=O) groups is 1. The Balaban J connectivity index is 2.47. The van der Waals surface area contributed by atoms with Gasteiger partial charge in [-0.25, -0.2) is 0 Å². The molecule has 0 amide bonds. The highest BCUT2D eigenvalue weighted by atomic mass is 32.1. The number of hydrogen-bond donors (Lipinski definition) is 0. The van der Waals surface area contributed by atoms with Gasteiger partial charge in [0, 0.05) is 18.4 Å². The lowest BCUT2D eigenvalue weighted by molar-refractivity contribution is -0.128. The minimum atomic E-state index is -0.220. The van der Waals surface area contributed by atoms with Crippen LogP contribution in [-0.4, -0.2) is 19.0 Å². The van der Waals surface area contributed by atoms with Gasteiger partial charge in [0.2, 0.25) is 0 Å². The Morgan fingerprint density at radius 1 is 1.64 bits per heavy atom. The average molecular weight is 212 g/mol. The Hall–Kier alpha value is -0.670. The molecule has 1 rings (SSSR count). The fourth-order valence-electron chi connectivity index (χ4n) is 1.37. The molecule has 1 atom stereocenters. The Bertz CT molecular complexity index is 267. The normalized spacial score (nSPS) is 12.7. The number of hydrogen-bond acceptors (Lipinski definition) is 3. The van der Waals surface area contributed by atoms with Crippen molar-refractivity contribution in [2.75, 3.05) is 7.11 Å². The van der Waals surface area contributed by atoms with Crippen molar-refractivity contribution in [1.82, 2.24) is 0 Å². The molecule has 0 aromatic carbocycles. The zero-order valence-corrected chi connectivity index (χ0v) is 9.47. The lowest BCUT2D eigenvalue weighted by Crippen LogP contribution is -2.24. The van der Waals surface area contributed by atoms with Gasteiger partial charge < -0.3 is 4.74 Å². The molecular weight excluding hydrogens is 196 g/mol. The summed E-state index contributed by atoms with van der Waals surface area (Å²) < 4.78 is 5.16. The smallest absolute Gasteiger partial charge is 0.166 e. The van der Waals surface area contributed by atoms with Crippen molar-refractivity contribution in [3.63, 3.8) is 0 Å². The topological polar surface area (TPSA) is 26.3 Å². The van der Waals surface area contributed by atoms with Gasteiger partial charge in [0.05, 0.1) is 0 Å². The number of carbonyl (C=O) groups excluding carboxylic acids is 1. The molecule has 0 aliphatic carbocycles. The van der Waals surface area contributed by atoms with E-state index in [1.54, 1.807) is 18.4 Å². The van der Waals surface area contributed by atoms with Gasteiger partial charge in [0.1, 0.15) is 6.10 Å². The van der Waals surface area contributed by atoms with Crippen molar-refractivity contribution in [3.8, 4) is 0 Å². The average Bonchev–Trinajstić information content (AvgIpc) is 2.66. The summed E-state index contributed by atoms with van der Waals surface area (Å²) >= 11 is 1.62. The zero-order chi connectivity index (χ0) is 10.4. The maximum atomic E-state index is 11.7. The van der Waals surface area contributed by atoms with Gasteiger partial charge in [0.15, 0.2) is 5.78 Å². The Kier molecular flexibility index (Phi) is 4.84. The lowest BCUT2D eigenvalue weighted by atomic mass is 10.1. The summed E-state index contributed by atoms with van der Waals surface area (Å²) in [5.41, 5.74) is 0. The van der Waals surface area contributed by atoms with Crippen molar-refractivity contribution in [2.24, 2.45) is 0 Å². The van der Waals surface area contributed by atoms with Gasteiger partial charge >= 0.3 is 0 Å². The highest BCUT2D eigenvalue weighted by molar-refractivity contribution is 7.10. The molecule has 0 fully saturated rings. The third-order valence-electron chi connectivity index (χ3n) is 2.12. The van der Waals surface area contributed by atoms with Crippen molar-refractivity contribution in [1.29, 1.82) is 0 Å². The summed E-state index contributed by atoms with van der Waals surface area (Å²) in [6.07, 6.45) is 2.09. The second kappa shape index (κ2) is 5.94. The Labute approximate surface area is 88.9 Å². The van der Waals surface area contributed by atoms with Crippen LogP contribution in [0, 0.1) is 0 Å². The van der Waals surface area contributed by atoms with Gasteiger partial charge in [0.25, 0.3) is 0 Å². The predicted molar refractivity (Wildman–Crippen MR) is 58.7 cm³/mol. The van der Waals surface area contributed by atoms with Crippen molar-refractivity contribution in [2.45, 2.75) is 32.3 Å². The van der Waals surface area contributed by atoms with Crippen molar-refractivity contribution < 1.29 is 9.53 Å². The van der Waals surface area contributed by atoms with E-state index in [0.29, 0.717) is 6.42 Å². The molecule has 1 heterocycles. The van der Waals surface area contributed by atoms with E-state index < -0.39 is 0 Å². The van der Waals surface area contributed by atoms with Crippen molar-refractivity contribution >= 4 is 17.1 Å². The van der Waals surface area contributed by atoms with Crippen LogP contribution >= 0.6 is 11.3 Å². The second-order valence-electron chi connectivity index (χ2n) is 3.24. The fourth-order valence-corrected chi connectivity index (χ4v) is 2.09. The third-order valence-corrected chi connectivity index (χ3v) is 3.00. The molecule has 0 N–H and O–H groups in total. The molecule has 0 bridgehead atoms. The van der Waals surface area contributed by atoms with E-state index in [2.05, 4.69) is 6.92 Å². The van der Waals surface area contributed by atoms with Crippen LogP contribution in [0.3, 0.4) is 0 Å². The minimum absolute atomic E-state index is 0.191. The van der Waals surface area contributed by atoms with Gasteiger partial charge in [-0.15, -0.1) is 11.3 Å². The van der Waals surface area contributed by atoms with Crippen LogP contribution in [0.25, 0.3) is 0 Å². The molecule has 14 heavy (non-hydrogen) atoms. The number of ketones is 1. The van der Waals surface area contributed by atoms with Crippen LogP contribution in [0.5, 0.6) is 0 Å². The molecule has 3 heteroatoms. The van der Waals surface area contributed by atoms with E-state index in [1.165, 1.54) is 0 Å². The Morgan fingerprint density at radius 3 is 2.93 bits per heavy atom. The summed E-state index contributed by atoms with van der Waals surface area (Å²) in [7, 11) is 1.60. The van der Waals surface area contributed by atoms with Crippen LogP contribution < -0.4 is 0 Å². The van der Waals surface area contributed by atoms with E-state index in [-0.39, 0.29) is 11.9 Å². The summed E-state index contributed by atoms with van der Waals surface area (Å²) in [5.74, 6) is 0.191. The summed E-state index contributed by atoms with van der Waals surface area (Å²) in [6.45, 7) is 2.06. The molecular formula is C11H16O2S. The molecule has 78 valence electrons. The van der Waals surface area contributed by atoms with E-state index in [9.17, 15) is 4.79 Å². The third kappa shape index (κ3) is 3.24. The first kappa shape index (κ1) is 11.4. The predicted octanol–water partition coefficient (Wildman–Crippen LogP) is 2.67. The number of ether oxygens (including phenoxy) is 1. The fraction of sp³-hybridized carbons (Fsp3) is 0.545. The standard InChI is InChI=1S/C11H16O2S/c1-3-5-11(13-2)10(12)8-9-6-4-7-14-9/h4,6-7,11H,3,5,8H2,1-2H3. The van der Waals surface area contributed by atoms with Gasteiger partial charge in [-0.3, -0.25) is 4.79 Å². The first-order chi connectivity index (χ1) is 6.77. The van der Waals surface area contributed by atoms with Crippen LogP contribution in [0.15, 0.2) is 17.5 Å². The zero-order valence-electron chi connectivity index (χ0n) is 8.66. The molecule has 1 aromatic heterocycles. The number of thiophene rings is 1. The van der Waals surface area contributed by atoms with Crippen LogP contribution in [0.2, 0.25) is 0 Å². The maximum Gasteiger partial charge on any atom is 0.166 e. The van der Waals surface area contributed by atoms with Crippen LogP contribution in [-0.2, 0) is 16.0 Å². The van der Waals surface area contributed by atoms with Crippen molar-refractivity contribution in [3.05, 3.63) is 22.4 Å². The van der Waals surface area contributed by atoms with E-state index in [0.717, 1.165) is 17.7 Å². The molecule has 2 nitrogen and oxygen atoms in total. The van der Waals surface area contributed by atoms with Gasteiger partial charge in [-0.05, 0) is 17.9 Å². The molecule has 0 saturated carbocycles. The second-order valence-corrected chi connectivity index (χ2v) is 4.27. The highest BCUT2D eigenvalue weighted by Gasteiger charge is 2.16. The van der Waals surface area contributed by atoms with Gasteiger partial charge in [-0.1, -0.05) is 19.4 Å². The molecule has 0 saturated heterocycles. The lowest BCUT2D eigenvalue weighted by Gasteiger charge is -2.11. The largest absolute Gasteiger partial charge is 0.374 e. The molecule has 0 aliphatic rings. The molecule has 0 radical (unpaired) electrons. The first-order valence-corrected chi connectivity index (χ1v) is 5.73. The summed E-state index contributed by atoms with van der Waals surface area (Å²) in [4.78, 5) is 12.8. The summed E-state index contributed by atoms with van der Waals surface area (Å²) in [5, 5.41) is 1.99. The molecule has 1 aromatic rings. The Morgan fingerprint density at radius 2 is 2.43 bits per heavy atom. The van der Waals surface area contributed by atoms with E-state index >= 15 is 0 Å². The number of methoxy groups -OCH3 is 1. The van der Waals surface area contributed by atoms with Gasteiger partial charge in [-0.2, -0.15) is 0 Å². The maximum absolute atomic E-state index is 11.7. The van der Waals surface area contributed by atoms with E-state index in [4.69, 9.17) is 4.74 Å². The molecule has 1 unspecified atom stereocenters. The van der Waals surface area contributed by atoms with Crippen LogP contribution in [0.1, 0.15) is 24.6 Å². The quantitative estimate of drug-likeness (QED) is 0.724. The SMILES string of the molecule is CCCC(OC)C(=O)Cc1cccs1. The molecule has 0 spiro atoms. The minimum Gasteiger partial charge on any atom is -0.374 e. The molecule has 0 aliphatic heterocycles. The number of rotatable bonds is 6. The monoisotopic (exact) mass is 212 g/mol. The first-order valence-electron chi connectivity index (χ1n) is 4.85. The summed E-state index contributed by atoms with van der Waals surface area (Å²) in [6, 6.07) is 3.95.